The van der Waals surface area contributed by atoms with Crippen molar-refractivity contribution < 1.29 is 14.6 Å². The van der Waals surface area contributed by atoms with E-state index >= 15 is 0 Å². The molecule has 4 nitrogen and oxygen atoms in total. The van der Waals surface area contributed by atoms with Crippen LogP contribution < -0.4 is 0 Å². The largest absolute Gasteiger partial charge is 0.462 e. The van der Waals surface area contributed by atoms with Gasteiger partial charge in [-0.3, -0.25) is 9.69 Å². The Bertz CT molecular complexity index is 546. The van der Waals surface area contributed by atoms with Crippen LogP contribution in [-0.2, 0) is 9.53 Å². The molecule has 108 valence electrons. The Hall–Kier alpha value is -0.870. The van der Waals surface area contributed by atoms with Crippen molar-refractivity contribution in [3.05, 3.63) is 12.2 Å². The summed E-state index contributed by atoms with van der Waals surface area (Å²) in [6.07, 6.45) is 7.98. The topological polar surface area (TPSA) is 49.8 Å². The summed E-state index contributed by atoms with van der Waals surface area (Å²) in [6.45, 7) is 3.96. The van der Waals surface area contributed by atoms with E-state index < -0.39 is 11.0 Å². The Balaban J connectivity index is 1.81. The molecule has 5 rings (SSSR count). The molecule has 2 saturated carbocycles. The molecular formula is C16H21NO3. The second-order valence-electron chi connectivity index (χ2n) is 7.67. The lowest BCUT2D eigenvalue weighted by molar-refractivity contribution is -0.221. The maximum atomic E-state index is 12.5. The van der Waals surface area contributed by atoms with E-state index in [1.807, 2.05) is 13.0 Å². The highest BCUT2D eigenvalue weighted by Crippen LogP contribution is 2.70. The summed E-state index contributed by atoms with van der Waals surface area (Å²) >= 11 is 0. The maximum absolute atomic E-state index is 12.5. The summed E-state index contributed by atoms with van der Waals surface area (Å²) in [7, 11) is 0. The zero-order chi connectivity index (χ0) is 13.8. The van der Waals surface area contributed by atoms with E-state index in [9.17, 15) is 9.90 Å². The third-order valence-corrected chi connectivity index (χ3v) is 7.09. The second-order valence-corrected chi connectivity index (χ2v) is 7.67. The van der Waals surface area contributed by atoms with Gasteiger partial charge in [-0.15, -0.1) is 0 Å². The van der Waals surface area contributed by atoms with Gasteiger partial charge in [-0.05, 0) is 39.2 Å². The van der Waals surface area contributed by atoms with Crippen molar-refractivity contribution in [1.82, 2.24) is 4.90 Å². The first-order chi connectivity index (χ1) is 9.52. The van der Waals surface area contributed by atoms with E-state index in [4.69, 9.17) is 4.74 Å². The van der Waals surface area contributed by atoms with Gasteiger partial charge in [0, 0.05) is 18.4 Å². The molecule has 3 aliphatic heterocycles. The van der Waals surface area contributed by atoms with Crippen LogP contribution in [-0.4, -0.2) is 46.3 Å². The molecule has 3 bridgehead atoms. The highest BCUT2D eigenvalue weighted by atomic mass is 16.5. The highest BCUT2D eigenvalue weighted by molar-refractivity contribution is 5.80. The minimum absolute atomic E-state index is 0.0228. The van der Waals surface area contributed by atoms with E-state index in [-0.39, 0.29) is 23.5 Å². The SMILES string of the molecule is C[C@@]12C[C@@]34[C@@H]5CCCN3CC=C[C@@]4(O)[C@@H]1C[C@H]5OC2=O. The van der Waals surface area contributed by atoms with Crippen LogP contribution in [0.3, 0.4) is 0 Å². The molecule has 6 atom stereocenters. The summed E-state index contributed by atoms with van der Waals surface area (Å²) in [5, 5.41) is 11.6. The van der Waals surface area contributed by atoms with Gasteiger partial charge < -0.3 is 9.84 Å². The first kappa shape index (κ1) is 11.8. The molecule has 2 aliphatic carbocycles. The third-order valence-electron chi connectivity index (χ3n) is 7.09. The van der Waals surface area contributed by atoms with Gasteiger partial charge in [-0.25, -0.2) is 0 Å². The van der Waals surface area contributed by atoms with E-state index in [1.54, 1.807) is 0 Å². The Labute approximate surface area is 118 Å². The number of ether oxygens (including phenoxy) is 1. The van der Waals surface area contributed by atoms with E-state index in [1.165, 1.54) is 0 Å². The number of rotatable bonds is 0. The van der Waals surface area contributed by atoms with Gasteiger partial charge in [-0.2, -0.15) is 0 Å². The molecule has 1 spiro atoms. The van der Waals surface area contributed by atoms with Crippen molar-refractivity contribution in [1.29, 1.82) is 0 Å². The quantitative estimate of drug-likeness (QED) is 0.531. The fourth-order valence-corrected chi connectivity index (χ4v) is 6.40. The number of carbonyl (C=O) groups excluding carboxylic acids is 1. The van der Waals surface area contributed by atoms with Crippen molar-refractivity contribution in [2.45, 2.75) is 49.9 Å². The fraction of sp³-hybridized carbons (Fsp3) is 0.812. The van der Waals surface area contributed by atoms with Crippen molar-refractivity contribution in [3.63, 3.8) is 0 Å². The van der Waals surface area contributed by atoms with Gasteiger partial charge in [0.15, 0.2) is 0 Å². The molecule has 0 amide bonds. The summed E-state index contributed by atoms with van der Waals surface area (Å²) in [5.74, 6) is 0.254. The molecule has 4 fully saturated rings. The van der Waals surface area contributed by atoms with Crippen molar-refractivity contribution in [2.24, 2.45) is 17.3 Å². The number of fused-ring (bicyclic) bond motifs is 2. The van der Waals surface area contributed by atoms with Crippen LogP contribution in [0.5, 0.6) is 0 Å². The lowest BCUT2D eigenvalue weighted by Crippen LogP contribution is -2.74. The normalized spacial score (nSPS) is 59.5. The van der Waals surface area contributed by atoms with E-state index in [0.29, 0.717) is 5.92 Å². The van der Waals surface area contributed by atoms with Crippen LogP contribution in [0.1, 0.15) is 32.6 Å². The molecule has 0 unspecified atom stereocenters. The van der Waals surface area contributed by atoms with Crippen LogP contribution >= 0.6 is 0 Å². The summed E-state index contributed by atoms with van der Waals surface area (Å²) in [4.78, 5) is 15.0. The Morgan fingerprint density at radius 3 is 3.20 bits per heavy atom. The number of aliphatic hydroxyl groups is 1. The van der Waals surface area contributed by atoms with Crippen molar-refractivity contribution in [2.75, 3.05) is 13.1 Å². The van der Waals surface area contributed by atoms with Gasteiger partial charge >= 0.3 is 5.97 Å². The summed E-state index contributed by atoms with van der Waals surface area (Å²) < 4.78 is 5.79. The highest BCUT2D eigenvalue weighted by Gasteiger charge is 2.80. The number of carbonyl (C=O) groups is 1. The average Bonchev–Trinajstić information content (AvgIpc) is 2.50. The Morgan fingerprint density at radius 1 is 1.50 bits per heavy atom. The Morgan fingerprint density at radius 2 is 2.35 bits per heavy atom. The van der Waals surface area contributed by atoms with Gasteiger partial charge in [0.1, 0.15) is 11.7 Å². The standard InChI is InChI=1S/C16H21NO3/c1-14-9-15-10-4-2-6-17(15)7-3-5-16(15,19)12(14)8-11(10)20-13(14)18/h3,5,10-12,19H,2,4,6-9H2,1H3/t10-,11-,12-,14-,15+,16-/m1/s1. The summed E-state index contributed by atoms with van der Waals surface area (Å²) in [5.41, 5.74) is -1.60. The lowest BCUT2D eigenvalue weighted by Gasteiger charge is -2.63. The van der Waals surface area contributed by atoms with Crippen molar-refractivity contribution in [3.8, 4) is 0 Å². The van der Waals surface area contributed by atoms with Crippen LogP contribution in [0.4, 0.5) is 0 Å². The molecule has 20 heavy (non-hydrogen) atoms. The minimum Gasteiger partial charge on any atom is -0.462 e. The smallest absolute Gasteiger partial charge is 0.312 e. The molecule has 0 aromatic heterocycles. The zero-order valence-corrected chi connectivity index (χ0v) is 11.8. The predicted octanol–water partition coefficient (Wildman–Crippen LogP) is 1.09. The lowest BCUT2D eigenvalue weighted by atomic mass is 9.56. The van der Waals surface area contributed by atoms with Crippen LogP contribution in [0.2, 0.25) is 0 Å². The predicted molar refractivity (Wildman–Crippen MR) is 71.8 cm³/mol. The zero-order valence-electron chi connectivity index (χ0n) is 11.8. The molecule has 4 heteroatoms. The van der Waals surface area contributed by atoms with Gasteiger partial charge in [0.2, 0.25) is 0 Å². The number of piperidine rings is 1. The van der Waals surface area contributed by atoms with E-state index in [2.05, 4.69) is 11.0 Å². The molecule has 5 aliphatic rings. The molecule has 2 saturated heterocycles. The fourth-order valence-electron chi connectivity index (χ4n) is 6.40. The van der Waals surface area contributed by atoms with Gasteiger partial charge in [0.25, 0.3) is 0 Å². The number of hydrogen-bond donors (Lipinski definition) is 1. The van der Waals surface area contributed by atoms with Crippen LogP contribution in [0.25, 0.3) is 0 Å². The number of hydrogen-bond acceptors (Lipinski definition) is 4. The molecule has 0 radical (unpaired) electrons. The first-order valence-corrected chi connectivity index (χ1v) is 7.89. The maximum Gasteiger partial charge on any atom is 0.312 e. The molecule has 0 aromatic carbocycles. The van der Waals surface area contributed by atoms with Crippen LogP contribution in [0.15, 0.2) is 12.2 Å². The van der Waals surface area contributed by atoms with Gasteiger partial charge in [0.05, 0.1) is 11.0 Å². The number of esters is 1. The molecule has 1 N–H and O–H groups in total. The molecular weight excluding hydrogens is 254 g/mol. The average molecular weight is 275 g/mol. The van der Waals surface area contributed by atoms with Gasteiger partial charge in [-0.1, -0.05) is 12.2 Å². The van der Waals surface area contributed by atoms with Crippen molar-refractivity contribution >= 4 is 5.97 Å². The Kier molecular flexibility index (Phi) is 1.85. The second kappa shape index (κ2) is 3.14. The summed E-state index contributed by atoms with van der Waals surface area (Å²) in [6, 6.07) is 0. The molecule has 0 aromatic rings. The third kappa shape index (κ3) is 0.933. The monoisotopic (exact) mass is 275 g/mol. The van der Waals surface area contributed by atoms with E-state index in [0.717, 1.165) is 38.8 Å². The minimum atomic E-state index is -0.832. The van der Waals surface area contributed by atoms with Crippen LogP contribution in [0, 0.1) is 17.3 Å². The first-order valence-electron chi connectivity index (χ1n) is 7.89. The molecule has 3 heterocycles. The number of nitrogens with zero attached hydrogens (tertiary/aromatic N) is 1.